The molecule has 2 aliphatic rings. The molecule has 1 fully saturated rings. The van der Waals surface area contributed by atoms with E-state index in [1.165, 1.54) is 37.0 Å². The lowest BCUT2D eigenvalue weighted by Crippen LogP contribution is -2.24. The van der Waals surface area contributed by atoms with Gasteiger partial charge in [-0.15, -0.1) is 11.3 Å². The zero-order valence-corrected chi connectivity index (χ0v) is 8.57. The van der Waals surface area contributed by atoms with Crippen molar-refractivity contribution in [3.63, 3.8) is 0 Å². The molecule has 0 saturated heterocycles. The molecule has 2 aliphatic carbocycles. The highest BCUT2D eigenvalue weighted by atomic mass is 32.1. The van der Waals surface area contributed by atoms with Crippen LogP contribution < -0.4 is 0 Å². The Kier molecular flexibility index (Phi) is 1.63. The van der Waals surface area contributed by atoms with Gasteiger partial charge in [0.25, 0.3) is 0 Å². The standard InChI is InChI=1S/C12H14S/c1-2-6-12(7-3-1)8-4-11-10(12)5-9-13-11/h4-5,8-9H,1-3,6-7H2. The van der Waals surface area contributed by atoms with Crippen LogP contribution in [0.5, 0.6) is 0 Å². The second-order valence-corrected chi connectivity index (χ2v) is 5.20. The van der Waals surface area contributed by atoms with E-state index in [2.05, 4.69) is 23.6 Å². The summed E-state index contributed by atoms with van der Waals surface area (Å²) in [6.07, 6.45) is 11.8. The fraction of sp³-hybridized carbons (Fsp3) is 0.500. The maximum absolute atomic E-state index is 2.47. The van der Waals surface area contributed by atoms with E-state index in [4.69, 9.17) is 0 Å². The summed E-state index contributed by atoms with van der Waals surface area (Å²) in [7, 11) is 0. The van der Waals surface area contributed by atoms with E-state index < -0.39 is 0 Å². The average molecular weight is 190 g/mol. The fourth-order valence-electron chi connectivity index (χ4n) is 2.81. The molecule has 0 nitrogen and oxygen atoms in total. The van der Waals surface area contributed by atoms with E-state index in [0.717, 1.165) is 0 Å². The maximum atomic E-state index is 2.47. The largest absolute Gasteiger partial charge is 0.144 e. The summed E-state index contributed by atoms with van der Waals surface area (Å²) in [6.45, 7) is 0. The Morgan fingerprint density at radius 1 is 1.15 bits per heavy atom. The van der Waals surface area contributed by atoms with E-state index in [0.29, 0.717) is 5.41 Å². The SMILES string of the molecule is C1=CC2(CCCCC2)c2ccsc21. The van der Waals surface area contributed by atoms with Gasteiger partial charge < -0.3 is 0 Å². The number of allylic oxidation sites excluding steroid dienone is 1. The summed E-state index contributed by atoms with van der Waals surface area (Å²) in [4.78, 5) is 1.52. The van der Waals surface area contributed by atoms with Crippen LogP contribution in [-0.2, 0) is 5.41 Å². The summed E-state index contributed by atoms with van der Waals surface area (Å²) in [5.41, 5.74) is 2.09. The fourth-order valence-corrected chi connectivity index (χ4v) is 3.70. The molecule has 1 aromatic heterocycles. The first-order chi connectivity index (χ1) is 6.41. The van der Waals surface area contributed by atoms with Crippen molar-refractivity contribution < 1.29 is 0 Å². The van der Waals surface area contributed by atoms with Crippen molar-refractivity contribution in [2.45, 2.75) is 37.5 Å². The maximum Gasteiger partial charge on any atom is 0.0308 e. The molecule has 0 N–H and O–H groups in total. The highest BCUT2D eigenvalue weighted by Gasteiger charge is 2.36. The number of fused-ring (bicyclic) bond motifs is 2. The van der Waals surface area contributed by atoms with E-state index in [-0.39, 0.29) is 0 Å². The third-order valence-electron chi connectivity index (χ3n) is 3.53. The molecule has 68 valence electrons. The molecular weight excluding hydrogens is 176 g/mol. The zero-order valence-electron chi connectivity index (χ0n) is 7.75. The van der Waals surface area contributed by atoms with Gasteiger partial charge in [0.05, 0.1) is 0 Å². The molecule has 1 heterocycles. The number of rotatable bonds is 0. The molecule has 0 amide bonds. The van der Waals surface area contributed by atoms with E-state index >= 15 is 0 Å². The summed E-state index contributed by atoms with van der Waals surface area (Å²) < 4.78 is 0. The van der Waals surface area contributed by atoms with Crippen LogP contribution in [0.15, 0.2) is 17.5 Å². The van der Waals surface area contributed by atoms with Gasteiger partial charge in [0.15, 0.2) is 0 Å². The minimum absolute atomic E-state index is 0.466. The van der Waals surface area contributed by atoms with Gasteiger partial charge in [0.2, 0.25) is 0 Å². The minimum Gasteiger partial charge on any atom is -0.144 e. The van der Waals surface area contributed by atoms with Gasteiger partial charge in [0.1, 0.15) is 0 Å². The van der Waals surface area contributed by atoms with Crippen LogP contribution >= 0.6 is 11.3 Å². The van der Waals surface area contributed by atoms with Gasteiger partial charge in [-0.25, -0.2) is 0 Å². The van der Waals surface area contributed by atoms with Crippen molar-refractivity contribution in [1.82, 2.24) is 0 Å². The van der Waals surface area contributed by atoms with Crippen LogP contribution in [0.25, 0.3) is 6.08 Å². The molecule has 0 atom stereocenters. The van der Waals surface area contributed by atoms with Crippen LogP contribution in [0, 0.1) is 0 Å². The van der Waals surface area contributed by atoms with Crippen LogP contribution in [0.4, 0.5) is 0 Å². The first-order valence-electron chi connectivity index (χ1n) is 5.18. The predicted octanol–water partition coefficient (Wildman–Crippen LogP) is 3.98. The van der Waals surface area contributed by atoms with Gasteiger partial charge in [-0.3, -0.25) is 0 Å². The lowest BCUT2D eigenvalue weighted by Gasteiger charge is -2.32. The molecule has 0 bridgehead atoms. The Balaban J connectivity index is 2.05. The quantitative estimate of drug-likeness (QED) is 0.580. The summed E-state index contributed by atoms with van der Waals surface area (Å²) >= 11 is 1.89. The van der Waals surface area contributed by atoms with Crippen molar-refractivity contribution in [1.29, 1.82) is 0 Å². The first kappa shape index (κ1) is 7.81. The molecular formula is C12H14S. The van der Waals surface area contributed by atoms with Crippen LogP contribution in [0.1, 0.15) is 42.5 Å². The second-order valence-electron chi connectivity index (χ2n) is 4.25. The molecule has 0 radical (unpaired) electrons. The Morgan fingerprint density at radius 3 is 2.85 bits per heavy atom. The number of hydrogen-bond donors (Lipinski definition) is 0. The lowest BCUT2D eigenvalue weighted by atomic mass is 9.72. The van der Waals surface area contributed by atoms with Gasteiger partial charge in [-0.2, -0.15) is 0 Å². The van der Waals surface area contributed by atoms with E-state index in [1.807, 2.05) is 11.3 Å². The topological polar surface area (TPSA) is 0 Å². The number of thiophene rings is 1. The molecule has 1 spiro atoms. The Bertz CT molecular complexity index is 340. The monoisotopic (exact) mass is 190 g/mol. The molecule has 0 aromatic carbocycles. The van der Waals surface area contributed by atoms with Crippen LogP contribution in [0.3, 0.4) is 0 Å². The summed E-state index contributed by atoms with van der Waals surface area (Å²) in [5.74, 6) is 0. The van der Waals surface area contributed by atoms with E-state index in [1.54, 1.807) is 5.56 Å². The molecule has 1 aromatic rings. The molecule has 0 unspecified atom stereocenters. The van der Waals surface area contributed by atoms with Gasteiger partial charge in [-0.05, 0) is 35.9 Å². The highest BCUT2D eigenvalue weighted by molar-refractivity contribution is 7.11. The van der Waals surface area contributed by atoms with Crippen molar-refractivity contribution in [2.75, 3.05) is 0 Å². The van der Waals surface area contributed by atoms with Crippen molar-refractivity contribution in [2.24, 2.45) is 0 Å². The molecule has 0 aliphatic heterocycles. The van der Waals surface area contributed by atoms with E-state index in [9.17, 15) is 0 Å². The summed E-state index contributed by atoms with van der Waals surface area (Å²) in [6, 6.07) is 2.34. The third-order valence-corrected chi connectivity index (χ3v) is 4.41. The van der Waals surface area contributed by atoms with Gasteiger partial charge in [0, 0.05) is 10.3 Å². The Labute approximate surface area is 83.3 Å². The molecule has 1 heteroatoms. The van der Waals surface area contributed by atoms with Crippen molar-refractivity contribution >= 4 is 17.4 Å². The van der Waals surface area contributed by atoms with Crippen molar-refractivity contribution in [3.05, 3.63) is 28.0 Å². The van der Waals surface area contributed by atoms with Gasteiger partial charge in [-0.1, -0.05) is 25.3 Å². The summed E-state index contributed by atoms with van der Waals surface area (Å²) in [5, 5.41) is 2.24. The third kappa shape index (κ3) is 1.03. The molecule has 3 rings (SSSR count). The zero-order chi connectivity index (χ0) is 8.73. The number of hydrogen-bond acceptors (Lipinski definition) is 1. The van der Waals surface area contributed by atoms with Crippen molar-refractivity contribution in [3.8, 4) is 0 Å². The Hall–Kier alpha value is -0.560. The predicted molar refractivity (Wildman–Crippen MR) is 58.1 cm³/mol. The first-order valence-corrected chi connectivity index (χ1v) is 6.06. The smallest absolute Gasteiger partial charge is 0.0308 e. The Morgan fingerprint density at radius 2 is 2.00 bits per heavy atom. The minimum atomic E-state index is 0.466. The molecule has 1 saturated carbocycles. The lowest BCUT2D eigenvalue weighted by molar-refractivity contribution is 0.362. The average Bonchev–Trinajstić information content (AvgIpc) is 2.73. The second kappa shape index (κ2) is 2.71. The van der Waals surface area contributed by atoms with Crippen LogP contribution in [0.2, 0.25) is 0 Å². The van der Waals surface area contributed by atoms with Crippen LogP contribution in [-0.4, -0.2) is 0 Å². The molecule has 13 heavy (non-hydrogen) atoms. The normalized spacial score (nSPS) is 23.7. The van der Waals surface area contributed by atoms with Gasteiger partial charge >= 0.3 is 0 Å². The highest BCUT2D eigenvalue weighted by Crippen LogP contribution is 2.47.